The minimum atomic E-state index is 0.0277. The Morgan fingerprint density at radius 1 is 1.50 bits per heavy atom. The summed E-state index contributed by atoms with van der Waals surface area (Å²) in [6.07, 6.45) is 0.669. The van der Waals surface area contributed by atoms with Gasteiger partial charge in [-0.3, -0.25) is 0 Å². The first-order chi connectivity index (χ1) is 6.63. The van der Waals surface area contributed by atoms with Crippen LogP contribution < -0.4 is 4.74 Å². The highest BCUT2D eigenvalue weighted by atomic mass is 35.5. The van der Waals surface area contributed by atoms with Crippen LogP contribution in [0, 0.1) is 6.92 Å². The zero-order valence-corrected chi connectivity index (χ0v) is 9.21. The normalized spacial score (nSPS) is 12.6. The SMILES string of the molecule is Cc1cc(Cl)ccc1OC(C)CCO. The minimum absolute atomic E-state index is 0.0277. The Labute approximate surface area is 89.5 Å². The summed E-state index contributed by atoms with van der Waals surface area (Å²) in [5.41, 5.74) is 1.02. The number of ether oxygens (including phenoxy) is 1. The van der Waals surface area contributed by atoms with Gasteiger partial charge in [0.2, 0.25) is 0 Å². The average Bonchev–Trinajstić information content (AvgIpc) is 2.10. The first kappa shape index (κ1) is 11.3. The lowest BCUT2D eigenvalue weighted by Crippen LogP contribution is -2.13. The van der Waals surface area contributed by atoms with Crippen LogP contribution in [0.15, 0.2) is 18.2 Å². The molecule has 0 aliphatic heterocycles. The van der Waals surface area contributed by atoms with Crippen molar-refractivity contribution in [3.63, 3.8) is 0 Å². The van der Waals surface area contributed by atoms with Crippen molar-refractivity contribution in [3.05, 3.63) is 28.8 Å². The lowest BCUT2D eigenvalue weighted by atomic mass is 10.2. The lowest BCUT2D eigenvalue weighted by Gasteiger charge is -2.15. The molecule has 0 saturated heterocycles. The van der Waals surface area contributed by atoms with Gasteiger partial charge in [-0.05, 0) is 37.6 Å². The van der Waals surface area contributed by atoms with Crippen molar-refractivity contribution in [1.29, 1.82) is 0 Å². The monoisotopic (exact) mass is 214 g/mol. The Bertz CT molecular complexity index is 299. The topological polar surface area (TPSA) is 29.5 Å². The van der Waals surface area contributed by atoms with E-state index < -0.39 is 0 Å². The fraction of sp³-hybridized carbons (Fsp3) is 0.455. The van der Waals surface area contributed by atoms with E-state index in [9.17, 15) is 0 Å². The highest BCUT2D eigenvalue weighted by Gasteiger charge is 2.05. The molecule has 1 N–H and O–H groups in total. The molecule has 0 saturated carbocycles. The molecule has 0 radical (unpaired) electrons. The molecule has 0 fully saturated rings. The molecule has 0 heterocycles. The van der Waals surface area contributed by atoms with E-state index in [1.807, 2.05) is 26.0 Å². The Morgan fingerprint density at radius 2 is 2.21 bits per heavy atom. The molecule has 0 bridgehead atoms. The second-order valence-electron chi connectivity index (χ2n) is 3.35. The number of hydrogen-bond donors (Lipinski definition) is 1. The molecule has 2 nitrogen and oxygen atoms in total. The van der Waals surface area contributed by atoms with Gasteiger partial charge in [-0.15, -0.1) is 0 Å². The minimum Gasteiger partial charge on any atom is -0.490 e. The summed E-state index contributed by atoms with van der Waals surface area (Å²) in [6.45, 7) is 4.03. The van der Waals surface area contributed by atoms with Gasteiger partial charge in [-0.25, -0.2) is 0 Å². The number of benzene rings is 1. The number of hydrogen-bond acceptors (Lipinski definition) is 2. The molecule has 1 aromatic carbocycles. The van der Waals surface area contributed by atoms with Gasteiger partial charge < -0.3 is 9.84 Å². The molecule has 0 spiro atoms. The fourth-order valence-electron chi connectivity index (χ4n) is 1.20. The van der Waals surface area contributed by atoms with Crippen LogP contribution >= 0.6 is 11.6 Å². The molecule has 1 aromatic rings. The second kappa shape index (κ2) is 5.23. The van der Waals surface area contributed by atoms with E-state index in [1.165, 1.54) is 0 Å². The van der Waals surface area contributed by atoms with Crippen molar-refractivity contribution in [3.8, 4) is 5.75 Å². The third-order valence-electron chi connectivity index (χ3n) is 2.00. The maximum atomic E-state index is 8.73. The second-order valence-corrected chi connectivity index (χ2v) is 3.79. The molecule has 1 unspecified atom stereocenters. The maximum Gasteiger partial charge on any atom is 0.122 e. The van der Waals surface area contributed by atoms with Crippen molar-refractivity contribution >= 4 is 11.6 Å². The quantitative estimate of drug-likeness (QED) is 0.835. The Balaban J connectivity index is 2.67. The maximum absolute atomic E-state index is 8.73. The van der Waals surface area contributed by atoms with Gasteiger partial charge in [-0.1, -0.05) is 11.6 Å². The predicted octanol–water partition coefficient (Wildman–Crippen LogP) is 2.80. The van der Waals surface area contributed by atoms with E-state index in [1.54, 1.807) is 6.07 Å². The zero-order chi connectivity index (χ0) is 10.6. The summed E-state index contributed by atoms with van der Waals surface area (Å²) in [6, 6.07) is 5.52. The van der Waals surface area contributed by atoms with Crippen molar-refractivity contribution in [2.45, 2.75) is 26.4 Å². The third-order valence-corrected chi connectivity index (χ3v) is 2.24. The molecule has 0 aliphatic rings. The van der Waals surface area contributed by atoms with E-state index in [2.05, 4.69) is 0 Å². The van der Waals surface area contributed by atoms with E-state index >= 15 is 0 Å². The van der Waals surface area contributed by atoms with Crippen LogP contribution in [0.4, 0.5) is 0 Å². The number of aliphatic hydroxyl groups is 1. The van der Waals surface area contributed by atoms with Gasteiger partial charge in [0, 0.05) is 18.1 Å². The number of halogens is 1. The van der Waals surface area contributed by atoms with Gasteiger partial charge in [0.05, 0.1) is 6.10 Å². The molecule has 1 atom stereocenters. The third kappa shape index (κ3) is 3.20. The summed E-state index contributed by atoms with van der Waals surface area (Å²) >= 11 is 5.82. The van der Waals surface area contributed by atoms with Gasteiger partial charge in [0.15, 0.2) is 0 Å². The van der Waals surface area contributed by atoms with Crippen molar-refractivity contribution in [1.82, 2.24) is 0 Å². The molecule has 1 rings (SSSR count). The predicted molar refractivity (Wildman–Crippen MR) is 58.0 cm³/mol. The van der Waals surface area contributed by atoms with E-state index in [-0.39, 0.29) is 12.7 Å². The van der Waals surface area contributed by atoms with Crippen LogP contribution in [0.25, 0.3) is 0 Å². The number of aryl methyl sites for hydroxylation is 1. The number of rotatable bonds is 4. The Morgan fingerprint density at radius 3 is 2.79 bits per heavy atom. The van der Waals surface area contributed by atoms with Crippen LogP contribution in [0.2, 0.25) is 5.02 Å². The Kier molecular flexibility index (Phi) is 4.23. The van der Waals surface area contributed by atoms with Crippen molar-refractivity contribution < 1.29 is 9.84 Å². The molecule has 0 aromatic heterocycles. The van der Waals surface area contributed by atoms with Crippen LogP contribution in [0.1, 0.15) is 18.9 Å². The van der Waals surface area contributed by atoms with Crippen molar-refractivity contribution in [2.75, 3.05) is 6.61 Å². The Hall–Kier alpha value is -0.730. The first-order valence-electron chi connectivity index (χ1n) is 4.67. The standard InChI is InChI=1S/C11H15ClO2/c1-8-7-10(12)3-4-11(8)14-9(2)5-6-13/h3-4,7,9,13H,5-6H2,1-2H3. The molecule has 3 heteroatoms. The van der Waals surface area contributed by atoms with Crippen LogP contribution in [-0.2, 0) is 0 Å². The summed E-state index contributed by atoms with van der Waals surface area (Å²) in [4.78, 5) is 0. The van der Waals surface area contributed by atoms with Crippen LogP contribution in [-0.4, -0.2) is 17.8 Å². The molecular formula is C11H15ClO2. The van der Waals surface area contributed by atoms with Gasteiger partial charge >= 0.3 is 0 Å². The van der Waals surface area contributed by atoms with Crippen LogP contribution in [0.3, 0.4) is 0 Å². The summed E-state index contributed by atoms with van der Waals surface area (Å²) in [5, 5.41) is 9.44. The molecule has 78 valence electrons. The van der Waals surface area contributed by atoms with Crippen LogP contribution in [0.5, 0.6) is 5.75 Å². The lowest BCUT2D eigenvalue weighted by molar-refractivity contribution is 0.168. The summed E-state index contributed by atoms with van der Waals surface area (Å²) in [5.74, 6) is 0.829. The summed E-state index contributed by atoms with van der Waals surface area (Å²) in [7, 11) is 0. The van der Waals surface area contributed by atoms with E-state index in [0.29, 0.717) is 11.4 Å². The summed E-state index contributed by atoms with van der Waals surface area (Å²) < 4.78 is 5.62. The highest BCUT2D eigenvalue weighted by Crippen LogP contribution is 2.23. The van der Waals surface area contributed by atoms with Gasteiger partial charge in [0.1, 0.15) is 5.75 Å². The van der Waals surface area contributed by atoms with Gasteiger partial charge in [-0.2, -0.15) is 0 Å². The highest BCUT2D eigenvalue weighted by molar-refractivity contribution is 6.30. The fourth-order valence-corrected chi connectivity index (χ4v) is 1.43. The number of aliphatic hydroxyl groups excluding tert-OH is 1. The average molecular weight is 215 g/mol. The smallest absolute Gasteiger partial charge is 0.122 e. The molecular weight excluding hydrogens is 200 g/mol. The van der Waals surface area contributed by atoms with Gasteiger partial charge in [0.25, 0.3) is 0 Å². The largest absolute Gasteiger partial charge is 0.490 e. The zero-order valence-electron chi connectivity index (χ0n) is 8.46. The first-order valence-corrected chi connectivity index (χ1v) is 5.05. The van der Waals surface area contributed by atoms with Crippen molar-refractivity contribution in [2.24, 2.45) is 0 Å². The molecule has 0 aliphatic carbocycles. The molecule has 0 amide bonds. The van der Waals surface area contributed by atoms with E-state index in [4.69, 9.17) is 21.4 Å². The van der Waals surface area contributed by atoms with E-state index in [0.717, 1.165) is 11.3 Å². The molecule has 14 heavy (non-hydrogen) atoms.